The van der Waals surface area contributed by atoms with Gasteiger partial charge in [0.25, 0.3) is 0 Å². The number of carbonyl (C=O) groups is 3. The second-order valence-corrected chi connectivity index (χ2v) is 11.9. The first-order valence-electron chi connectivity index (χ1n) is 12.6. The lowest BCUT2D eigenvalue weighted by molar-refractivity contribution is -0.142. The molecular formula is C26H31N7O6S2. The van der Waals surface area contributed by atoms with Gasteiger partial charge in [0.2, 0.25) is 27.8 Å². The van der Waals surface area contributed by atoms with Gasteiger partial charge >= 0.3 is 5.97 Å². The van der Waals surface area contributed by atoms with Crippen molar-refractivity contribution in [3.8, 4) is 6.19 Å². The van der Waals surface area contributed by atoms with E-state index < -0.39 is 34.0 Å². The number of thioether (sulfide) groups is 1. The van der Waals surface area contributed by atoms with Crippen LogP contribution in [0.4, 0.5) is 5.69 Å². The second kappa shape index (κ2) is 15.0. The van der Waals surface area contributed by atoms with Gasteiger partial charge < -0.3 is 21.5 Å². The number of sulfonamides is 1. The minimum absolute atomic E-state index is 0.0252. The zero-order chi connectivity index (χ0) is 29.8. The van der Waals surface area contributed by atoms with E-state index in [1.807, 2.05) is 0 Å². The van der Waals surface area contributed by atoms with Crippen molar-refractivity contribution in [3.63, 3.8) is 0 Å². The molecular weight excluding hydrogens is 570 g/mol. The van der Waals surface area contributed by atoms with Gasteiger partial charge in [-0.15, -0.1) is 11.8 Å². The monoisotopic (exact) mass is 601 g/mol. The fourth-order valence-corrected chi connectivity index (χ4v) is 7.11. The van der Waals surface area contributed by atoms with Crippen LogP contribution in [0.2, 0.25) is 0 Å². The maximum absolute atomic E-state index is 13.1. The van der Waals surface area contributed by atoms with Crippen molar-refractivity contribution in [1.29, 1.82) is 5.26 Å². The maximum Gasteiger partial charge on any atom is 0.326 e. The molecule has 0 radical (unpaired) electrons. The second-order valence-electron chi connectivity index (χ2n) is 9.03. The van der Waals surface area contributed by atoms with Crippen molar-refractivity contribution in [2.75, 3.05) is 23.5 Å². The summed E-state index contributed by atoms with van der Waals surface area (Å²) in [5.41, 5.74) is 6.57. The number of aliphatic carboxylic acids is 1. The summed E-state index contributed by atoms with van der Waals surface area (Å²) in [6, 6.07) is 12.0. The van der Waals surface area contributed by atoms with Gasteiger partial charge in [0.1, 0.15) is 12.1 Å². The van der Waals surface area contributed by atoms with Gasteiger partial charge in [0.15, 0.2) is 6.19 Å². The van der Waals surface area contributed by atoms with Crippen LogP contribution in [0.1, 0.15) is 24.8 Å². The van der Waals surface area contributed by atoms with Crippen LogP contribution in [0.3, 0.4) is 0 Å². The first-order chi connectivity index (χ1) is 19.6. The Bertz CT molecular complexity index is 1400. The number of rotatable bonds is 13. The minimum atomic E-state index is -3.93. The third-order valence-electron chi connectivity index (χ3n) is 6.06. The van der Waals surface area contributed by atoms with E-state index in [9.17, 15) is 27.9 Å². The molecule has 0 bridgehead atoms. The number of aliphatic imine (C=N–C) groups is 1. The van der Waals surface area contributed by atoms with Gasteiger partial charge in [-0.05, 0) is 42.7 Å². The molecule has 0 saturated carbocycles. The lowest BCUT2D eigenvalue weighted by atomic mass is 10.0. The fourth-order valence-electron chi connectivity index (χ4n) is 3.94. The highest BCUT2D eigenvalue weighted by Gasteiger charge is 2.41. The molecule has 6 N–H and O–H groups in total. The molecule has 1 aliphatic rings. The van der Waals surface area contributed by atoms with Crippen molar-refractivity contribution < 1.29 is 27.9 Å². The van der Waals surface area contributed by atoms with Gasteiger partial charge in [-0.25, -0.2) is 13.2 Å². The Morgan fingerprint density at radius 2 is 1.85 bits per heavy atom. The number of hydrogen-bond donors (Lipinski definition) is 5. The number of hydrogen-bond acceptors (Lipinski definition) is 8. The van der Waals surface area contributed by atoms with Crippen LogP contribution in [0, 0.1) is 11.5 Å². The van der Waals surface area contributed by atoms with Crippen molar-refractivity contribution in [2.45, 2.75) is 42.7 Å². The summed E-state index contributed by atoms with van der Waals surface area (Å²) in [6.07, 6.45) is 3.06. The predicted octanol–water partition coefficient (Wildman–Crippen LogP) is 1.06. The molecule has 41 heavy (non-hydrogen) atoms. The summed E-state index contributed by atoms with van der Waals surface area (Å²) in [4.78, 5) is 41.2. The van der Waals surface area contributed by atoms with Gasteiger partial charge in [0.05, 0.1) is 10.8 Å². The molecule has 218 valence electrons. The van der Waals surface area contributed by atoms with Crippen molar-refractivity contribution >= 4 is 51.2 Å². The van der Waals surface area contributed by atoms with Crippen LogP contribution in [0.25, 0.3) is 0 Å². The van der Waals surface area contributed by atoms with Gasteiger partial charge in [0, 0.05) is 30.8 Å². The summed E-state index contributed by atoms with van der Waals surface area (Å²) in [6.45, 7) is 0.379. The Kier molecular flexibility index (Phi) is 11.5. The number of nitrogens with one attached hydrogen (secondary N) is 3. The topological polar surface area (TPSA) is 207 Å². The molecule has 0 spiro atoms. The zero-order valence-electron chi connectivity index (χ0n) is 22.0. The number of unbranched alkanes of at least 4 members (excludes halogenated alkanes) is 1. The number of nitrogens with zero attached hydrogens (tertiary/aromatic N) is 3. The number of carboxylic acid groups (broad SMARTS) is 1. The Morgan fingerprint density at radius 3 is 2.51 bits per heavy atom. The van der Waals surface area contributed by atoms with E-state index in [2.05, 4.69) is 20.9 Å². The number of anilines is 1. The van der Waals surface area contributed by atoms with Gasteiger partial charge in [-0.2, -0.15) is 9.57 Å². The van der Waals surface area contributed by atoms with Crippen LogP contribution < -0.4 is 21.7 Å². The molecule has 2 aromatic carbocycles. The number of benzene rings is 2. The minimum Gasteiger partial charge on any atom is -0.480 e. The summed E-state index contributed by atoms with van der Waals surface area (Å²) in [7, 11) is -3.93. The summed E-state index contributed by atoms with van der Waals surface area (Å²) in [5.74, 6) is -1.82. The molecule has 2 aromatic rings. The Labute approximate surface area is 242 Å². The number of carbonyl (C=O) groups excluding carboxylic acids is 2. The highest BCUT2D eigenvalue weighted by Crippen LogP contribution is 2.28. The SMILES string of the molecule is N#CNC(N)=NCCCCC(=O)Nc1ccc(C[C@H](NC(=O)[C@@H]2CSCN2S(=O)(=O)c2ccccc2)C(=O)O)cc1. The molecule has 3 rings (SSSR count). The molecule has 1 fully saturated rings. The number of guanidine groups is 1. The zero-order valence-corrected chi connectivity index (χ0v) is 23.7. The third-order valence-corrected chi connectivity index (χ3v) is 9.11. The number of amides is 2. The lowest BCUT2D eigenvalue weighted by Crippen LogP contribution is -2.52. The van der Waals surface area contributed by atoms with Crippen LogP contribution >= 0.6 is 11.8 Å². The third kappa shape index (κ3) is 9.20. The fraction of sp³-hybridized carbons (Fsp3) is 0.346. The first kappa shape index (κ1) is 31.4. The van der Waals surface area contributed by atoms with Crippen LogP contribution in [-0.4, -0.2) is 71.8 Å². The average Bonchev–Trinajstić information content (AvgIpc) is 3.45. The molecule has 1 heterocycles. The molecule has 1 aliphatic heterocycles. The average molecular weight is 602 g/mol. The lowest BCUT2D eigenvalue weighted by Gasteiger charge is -2.24. The van der Waals surface area contributed by atoms with Crippen LogP contribution in [-0.2, 0) is 30.8 Å². The van der Waals surface area contributed by atoms with Crippen molar-refractivity contribution in [2.24, 2.45) is 10.7 Å². The Balaban J connectivity index is 1.53. The van der Waals surface area contributed by atoms with E-state index >= 15 is 0 Å². The van der Waals surface area contributed by atoms with Crippen LogP contribution in [0.15, 0.2) is 64.5 Å². The van der Waals surface area contributed by atoms with E-state index in [4.69, 9.17) is 11.0 Å². The molecule has 2 atom stereocenters. The summed E-state index contributed by atoms with van der Waals surface area (Å²) < 4.78 is 27.2. The molecule has 15 heteroatoms. The Hall–Kier alpha value is -4.13. The normalized spacial score (nSPS) is 16.4. The standard InChI is InChI=1S/C26H31N7O6S2/c27-16-30-26(28)29-13-5-4-8-23(34)31-19-11-9-18(10-12-19)14-21(25(36)37)32-24(35)22-15-40-17-33(22)41(38,39)20-6-2-1-3-7-20/h1-3,6-7,9-12,21-22H,4-5,8,13-15,17H2,(H,31,34)(H,32,35)(H,36,37)(H3,28,29,30)/t21-,22-/m0/s1. The predicted molar refractivity (Wildman–Crippen MR) is 154 cm³/mol. The molecule has 13 nitrogen and oxygen atoms in total. The van der Waals surface area contributed by atoms with Crippen LogP contribution in [0.5, 0.6) is 0 Å². The molecule has 2 amide bonds. The molecule has 0 aromatic heterocycles. The van der Waals surface area contributed by atoms with E-state index in [0.717, 1.165) is 4.31 Å². The van der Waals surface area contributed by atoms with Crippen molar-refractivity contribution in [3.05, 3.63) is 60.2 Å². The highest BCUT2D eigenvalue weighted by atomic mass is 32.2. The molecule has 0 aliphatic carbocycles. The summed E-state index contributed by atoms with van der Waals surface area (Å²) >= 11 is 1.28. The van der Waals surface area contributed by atoms with E-state index in [-0.39, 0.29) is 41.2 Å². The Morgan fingerprint density at radius 1 is 1.15 bits per heavy atom. The van der Waals surface area contributed by atoms with E-state index in [1.165, 1.54) is 23.9 Å². The number of carboxylic acids is 1. The first-order valence-corrected chi connectivity index (χ1v) is 15.2. The smallest absolute Gasteiger partial charge is 0.326 e. The largest absolute Gasteiger partial charge is 0.480 e. The number of nitriles is 1. The van der Waals surface area contributed by atoms with Crippen molar-refractivity contribution in [1.82, 2.24) is 14.9 Å². The number of nitrogens with two attached hydrogens (primary N) is 1. The van der Waals surface area contributed by atoms with E-state index in [1.54, 1.807) is 48.7 Å². The van der Waals surface area contributed by atoms with Gasteiger partial charge in [-0.3, -0.25) is 19.9 Å². The summed E-state index contributed by atoms with van der Waals surface area (Å²) in [5, 5.41) is 25.6. The molecule has 1 saturated heterocycles. The van der Waals surface area contributed by atoms with E-state index in [0.29, 0.717) is 30.6 Å². The van der Waals surface area contributed by atoms with Gasteiger partial charge in [-0.1, -0.05) is 30.3 Å². The molecule has 0 unspecified atom stereocenters. The maximum atomic E-state index is 13.1. The highest BCUT2D eigenvalue weighted by molar-refractivity contribution is 8.00. The quantitative estimate of drug-likeness (QED) is 0.0725.